The summed E-state index contributed by atoms with van der Waals surface area (Å²) in [6, 6.07) is 7.42. The standard InChI is InChI=1S/C17H22N2O4/c1-17(2,3)23-16(22)18-10-11-4-6-12(7-5-11)13-8-9-14(20)19-15(13)21/h4-7,13H,8-10H2,1-3H3,(H,18,22)(H,19,20,21). The van der Waals surface area contributed by atoms with Crippen LogP contribution >= 0.6 is 0 Å². The molecule has 1 aromatic carbocycles. The molecule has 0 radical (unpaired) electrons. The van der Waals surface area contributed by atoms with E-state index in [0.29, 0.717) is 19.4 Å². The normalized spacial score (nSPS) is 18.3. The fraction of sp³-hybridized carbons (Fsp3) is 0.471. The molecular formula is C17H22N2O4. The Labute approximate surface area is 135 Å². The van der Waals surface area contributed by atoms with Crippen molar-refractivity contribution in [2.75, 3.05) is 0 Å². The lowest BCUT2D eigenvalue weighted by molar-refractivity contribution is -0.134. The zero-order valence-corrected chi connectivity index (χ0v) is 13.6. The fourth-order valence-electron chi connectivity index (χ4n) is 2.37. The van der Waals surface area contributed by atoms with E-state index in [2.05, 4.69) is 10.6 Å². The number of rotatable bonds is 3. The lowest BCUT2D eigenvalue weighted by Crippen LogP contribution is -2.39. The van der Waals surface area contributed by atoms with Crippen LogP contribution in [0.15, 0.2) is 24.3 Å². The van der Waals surface area contributed by atoms with Gasteiger partial charge in [-0.1, -0.05) is 24.3 Å². The molecule has 1 saturated heterocycles. The molecule has 0 saturated carbocycles. The van der Waals surface area contributed by atoms with Crippen molar-refractivity contribution < 1.29 is 19.1 Å². The van der Waals surface area contributed by atoms with Gasteiger partial charge in [-0.2, -0.15) is 0 Å². The van der Waals surface area contributed by atoms with Crippen LogP contribution in [0.1, 0.15) is 50.7 Å². The van der Waals surface area contributed by atoms with Gasteiger partial charge in [0.05, 0.1) is 5.92 Å². The first-order chi connectivity index (χ1) is 10.7. The summed E-state index contributed by atoms with van der Waals surface area (Å²) < 4.78 is 5.17. The maximum Gasteiger partial charge on any atom is 0.407 e. The Morgan fingerprint density at radius 1 is 1.26 bits per heavy atom. The molecular weight excluding hydrogens is 296 g/mol. The van der Waals surface area contributed by atoms with Crippen molar-refractivity contribution in [2.24, 2.45) is 0 Å². The minimum Gasteiger partial charge on any atom is -0.444 e. The molecule has 0 aromatic heterocycles. The highest BCUT2D eigenvalue weighted by molar-refractivity contribution is 6.00. The molecule has 124 valence electrons. The summed E-state index contributed by atoms with van der Waals surface area (Å²) >= 11 is 0. The van der Waals surface area contributed by atoms with Crippen molar-refractivity contribution in [3.63, 3.8) is 0 Å². The molecule has 2 rings (SSSR count). The van der Waals surface area contributed by atoms with E-state index in [1.807, 2.05) is 24.3 Å². The molecule has 0 aliphatic carbocycles. The molecule has 6 heteroatoms. The van der Waals surface area contributed by atoms with E-state index in [1.54, 1.807) is 20.8 Å². The maximum atomic E-state index is 11.8. The van der Waals surface area contributed by atoms with Crippen LogP contribution in [0, 0.1) is 0 Å². The third-order valence-electron chi connectivity index (χ3n) is 3.46. The number of ether oxygens (including phenoxy) is 1. The summed E-state index contributed by atoms with van der Waals surface area (Å²) in [6.45, 7) is 5.77. The van der Waals surface area contributed by atoms with Gasteiger partial charge in [0.25, 0.3) is 0 Å². The first-order valence-electron chi connectivity index (χ1n) is 7.64. The molecule has 1 unspecified atom stereocenters. The van der Waals surface area contributed by atoms with Crippen LogP contribution in [0.2, 0.25) is 0 Å². The van der Waals surface area contributed by atoms with E-state index in [4.69, 9.17) is 4.74 Å². The lowest BCUT2D eigenvalue weighted by atomic mass is 9.90. The highest BCUT2D eigenvalue weighted by Gasteiger charge is 2.27. The SMILES string of the molecule is CC(C)(C)OC(=O)NCc1ccc(C2CCC(=O)NC2=O)cc1. The molecule has 1 aromatic rings. The Hall–Kier alpha value is -2.37. The number of hydrogen-bond donors (Lipinski definition) is 2. The highest BCUT2D eigenvalue weighted by atomic mass is 16.6. The summed E-state index contributed by atoms with van der Waals surface area (Å²) in [5.74, 6) is -0.758. The van der Waals surface area contributed by atoms with Crippen molar-refractivity contribution >= 4 is 17.9 Å². The van der Waals surface area contributed by atoms with Crippen LogP contribution < -0.4 is 10.6 Å². The van der Waals surface area contributed by atoms with Crippen LogP contribution in [-0.4, -0.2) is 23.5 Å². The summed E-state index contributed by atoms with van der Waals surface area (Å²) in [5, 5.41) is 5.04. The molecule has 3 amide bonds. The maximum absolute atomic E-state index is 11.8. The Morgan fingerprint density at radius 2 is 1.91 bits per heavy atom. The minimum atomic E-state index is -0.528. The van der Waals surface area contributed by atoms with Gasteiger partial charge < -0.3 is 10.1 Å². The van der Waals surface area contributed by atoms with Crippen LogP contribution in [0.4, 0.5) is 4.79 Å². The summed E-state index contributed by atoms with van der Waals surface area (Å²) in [4.78, 5) is 34.6. The Morgan fingerprint density at radius 3 is 2.48 bits per heavy atom. The molecule has 2 N–H and O–H groups in total. The van der Waals surface area contributed by atoms with Gasteiger partial charge in [-0.25, -0.2) is 4.79 Å². The molecule has 23 heavy (non-hydrogen) atoms. The molecule has 1 aliphatic rings. The number of benzene rings is 1. The molecule has 1 aliphatic heterocycles. The van der Waals surface area contributed by atoms with Gasteiger partial charge in [0, 0.05) is 13.0 Å². The van der Waals surface area contributed by atoms with E-state index < -0.39 is 11.7 Å². The Kier molecular flexibility index (Phi) is 5.03. The number of imide groups is 1. The first-order valence-corrected chi connectivity index (χ1v) is 7.64. The largest absolute Gasteiger partial charge is 0.444 e. The number of hydrogen-bond acceptors (Lipinski definition) is 4. The van der Waals surface area contributed by atoms with E-state index in [1.165, 1.54) is 0 Å². The van der Waals surface area contributed by atoms with Crippen molar-refractivity contribution in [3.8, 4) is 0 Å². The third kappa shape index (κ3) is 5.09. The number of carbonyl (C=O) groups is 3. The second kappa shape index (κ2) is 6.81. The number of alkyl carbamates (subject to hydrolysis) is 1. The number of carbonyl (C=O) groups excluding carboxylic acids is 3. The van der Waals surface area contributed by atoms with Gasteiger partial charge in [-0.05, 0) is 38.3 Å². The predicted molar refractivity (Wildman–Crippen MR) is 84.6 cm³/mol. The second-order valence-corrected chi connectivity index (χ2v) is 6.60. The lowest BCUT2D eigenvalue weighted by Gasteiger charge is -2.21. The van der Waals surface area contributed by atoms with Crippen molar-refractivity contribution in [2.45, 2.75) is 51.7 Å². The monoisotopic (exact) mass is 318 g/mol. The number of nitrogens with one attached hydrogen (secondary N) is 2. The second-order valence-electron chi connectivity index (χ2n) is 6.60. The molecule has 6 nitrogen and oxygen atoms in total. The quantitative estimate of drug-likeness (QED) is 0.837. The predicted octanol–water partition coefficient (Wildman–Crippen LogP) is 2.23. The molecule has 0 spiro atoms. The van der Waals surface area contributed by atoms with Crippen LogP contribution in [0.3, 0.4) is 0 Å². The van der Waals surface area contributed by atoms with Crippen molar-refractivity contribution in [3.05, 3.63) is 35.4 Å². The fourth-order valence-corrected chi connectivity index (χ4v) is 2.37. The van der Waals surface area contributed by atoms with Crippen LogP contribution in [0.25, 0.3) is 0 Å². The van der Waals surface area contributed by atoms with Gasteiger partial charge in [0.1, 0.15) is 5.60 Å². The molecule has 0 bridgehead atoms. The third-order valence-corrected chi connectivity index (χ3v) is 3.46. The van der Waals surface area contributed by atoms with E-state index in [0.717, 1.165) is 11.1 Å². The number of piperidine rings is 1. The minimum absolute atomic E-state index is 0.218. The average molecular weight is 318 g/mol. The van der Waals surface area contributed by atoms with Gasteiger partial charge >= 0.3 is 6.09 Å². The van der Waals surface area contributed by atoms with E-state index >= 15 is 0 Å². The van der Waals surface area contributed by atoms with E-state index in [9.17, 15) is 14.4 Å². The Balaban J connectivity index is 1.91. The average Bonchev–Trinajstić information content (AvgIpc) is 2.44. The topological polar surface area (TPSA) is 84.5 Å². The summed E-state index contributed by atoms with van der Waals surface area (Å²) in [5.41, 5.74) is 1.25. The Bertz CT molecular complexity index is 602. The smallest absolute Gasteiger partial charge is 0.407 e. The van der Waals surface area contributed by atoms with Crippen molar-refractivity contribution in [1.82, 2.24) is 10.6 Å². The van der Waals surface area contributed by atoms with Crippen LogP contribution in [-0.2, 0) is 20.9 Å². The zero-order valence-electron chi connectivity index (χ0n) is 13.6. The van der Waals surface area contributed by atoms with Crippen LogP contribution in [0.5, 0.6) is 0 Å². The van der Waals surface area contributed by atoms with Gasteiger partial charge in [-0.3, -0.25) is 14.9 Å². The molecule has 1 heterocycles. The number of amides is 3. The van der Waals surface area contributed by atoms with Crippen molar-refractivity contribution in [1.29, 1.82) is 0 Å². The highest BCUT2D eigenvalue weighted by Crippen LogP contribution is 2.24. The van der Waals surface area contributed by atoms with Gasteiger partial charge in [-0.15, -0.1) is 0 Å². The molecule has 1 fully saturated rings. The zero-order chi connectivity index (χ0) is 17.0. The molecule has 1 atom stereocenters. The summed E-state index contributed by atoms with van der Waals surface area (Å²) in [6.07, 6.45) is 0.421. The summed E-state index contributed by atoms with van der Waals surface area (Å²) in [7, 11) is 0. The first kappa shape index (κ1) is 17.0. The van der Waals surface area contributed by atoms with Gasteiger partial charge in [0.15, 0.2) is 0 Å². The van der Waals surface area contributed by atoms with Gasteiger partial charge in [0.2, 0.25) is 11.8 Å². The van der Waals surface area contributed by atoms with E-state index in [-0.39, 0.29) is 17.7 Å².